The Hall–Kier alpha value is -0.900. The van der Waals surface area contributed by atoms with Crippen molar-refractivity contribution in [2.45, 2.75) is 45.6 Å². The molecule has 1 unspecified atom stereocenters. The number of aliphatic hydroxyl groups excluding tert-OH is 1. The molecule has 1 amide bonds. The molecule has 0 aliphatic rings. The zero-order valence-electron chi connectivity index (χ0n) is 9.82. The molecule has 88 valence electrons. The minimum atomic E-state index is -0.481. The van der Waals surface area contributed by atoms with E-state index >= 15 is 0 Å². The van der Waals surface area contributed by atoms with E-state index in [1.54, 1.807) is 7.05 Å². The van der Waals surface area contributed by atoms with E-state index in [9.17, 15) is 14.7 Å². The van der Waals surface area contributed by atoms with E-state index in [1.165, 1.54) is 11.8 Å². The molecule has 0 aliphatic heterocycles. The van der Waals surface area contributed by atoms with Crippen molar-refractivity contribution >= 4 is 11.7 Å². The number of likely N-dealkylation sites (N-methyl/N-ethyl adjacent to an activating group) is 1. The highest BCUT2D eigenvalue weighted by molar-refractivity contribution is 5.96. The van der Waals surface area contributed by atoms with Crippen LogP contribution in [-0.4, -0.2) is 41.4 Å². The van der Waals surface area contributed by atoms with Gasteiger partial charge in [0.15, 0.2) is 0 Å². The van der Waals surface area contributed by atoms with Gasteiger partial charge in [0.05, 0.1) is 12.5 Å². The Morgan fingerprint density at radius 1 is 1.40 bits per heavy atom. The smallest absolute Gasteiger partial charge is 0.229 e. The number of nitrogens with zero attached hydrogens (tertiary/aromatic N) is 1. The normalized spacial score (nSPS) is 12.3. The van der Waals surface area contributed by atoms with Gasteiger partial charge in [-0.3, -0.25) is 9.59 Å². The maximum atomic E-state index is 11.4. The summed E-state index contributed by atoms with van der Waals surface area (Å²) in [6.07, 6.45) is 2.13. The van der Waals surface area contributed by atoms with Crippen LogP contribution in [0.25, 0.3) is 0 Å². The van der Waals surface area contributed by atoms with Gasteiger partial charge >= 0.3 is 0 Å². The number of Topliss-reactive ketones (excluding diaryl/α,β-unsaturated/α-hetero) is 1. The first-order valence-corrected chi connectivity index (χ1v) is 5.38. The SMILES string of the molecule is CCCCC(O)CN(C)C(=O)CC(C)=O. The van der Waals surface area contributed by atoms with Gasteiger partial charge in [-0.1, -0.05) is 19.8 Å². The minimum absolute atomic E-state index is 0.0724. The lowest BCUT2D eigenvalue weighted by atomic mass is 10.1. The van der Waals surface area contributed by atoms with Gasteiger partial charge in [0.25, 0.3) is 0 Å². The largest absolute Gasteiger partial charge is 0.391 e. The maximum absolute atomic E-state index is 11.4. The number of unbranched alkanes of at least 4 members (excludes halogenated alkanes) is 1. The van der Waals surface area contributed by atoms with Gasteiger partial charge in [-0.25, -0.2) is 0 Å². The second kappa shape index (κ2) is 7.40. The Kier molecular flexibility index (Phi) is 6.96. The van der Waals surface area contributed by atoms with Crippen molar-refractivity contribution in [1.82, 2.24) is 4.90 Å². The van der Waals surface area contributed by atoms with Crippen LogP contribution in [0.3, 0.4) is 0 Å². The Bertz CT molecular complexity index is 216. The van der Waals surface area contributed by atoms with E-state index < -0.39 is 6.10 Å². The molecule has 0 bridgehead atoms. The van der Waals surface area contributed by atoms with Crippen LogP contribution >= 0.6 is 0 Å². The Morgan fingerprint density at radius 3 is 2.47 bits per heavy atom. The second-order valence-electron chi connectivity index (χ2n) is 3.95. The lowest BCUT2D eigenvalue weighted by Crippen LogP contribution is -2.35. The zero-order valence-corrected chi connectivity index (χ0v) is 9.82. The van der Waals surface area contributed by atoms with Crippen LogP contribution in [0.1, 0.15) is 39.5 Å². The van der Waals surface area contributed by atoms with Crippen LogP contribution in [0, 0.1) is 0 Å². The minimum Gasteiger partial charge on any atom is -0.391 e. The summed E-state index contributed by atoms with van der Waals surface area (Å²) in [5, 5.41) is 9.55. The summed E-state index contributed by atoms with van der Waals surface area (Å²) in [6, 6.07) is 0. The first-order chi connectivity index (χ1) is 6.97. The van der Waals surface area contributed by atoms with Crippen LogP contribution < -0.4 is 0 Å². The average Bonchev–Trinajstić information content (AvgIpc) is 2.13. The summed E-state index contributed by atoms with van der Waals surface area (Å²) in [6.45, 7) is 3.75. The molecule has 0 fully saturated rings. The van der Waals surface area contributed by atoms with E-state index in [4.69, 9.17) is 0 Å². The van der Waals surface area contributed by atoms with Crippen molar-refractivity contribution in [1.29, 1.82) is 0 Å². The standard InChI is InChI=1S/C11H21NO3/c1-4-5-6-10(14)8-12(3)11(15)7-9(2)13/h10,14H,4-8H2,1-3H3. The summed E-state index contributed by atoms with van der Waals surface area (Å²) >= 11 is 0. The molecule has 1 N–H and O–H groups in total. The number of hydrogen-bond acceptors (Lipinski definition) is 3. The molecule has 15 heavy (non-hydrogen) atoms. The third kappa shape index (κ3) is 7.08. The molecule has 0 saturated carbocycles. The molecule has 4 heteroatoms. The van der Waals surface area contributed by atoms with E-state index in [1.807, 2.05) is 0 Å². The Balaban J connectivity index is 3.84. The van der Waals surface area contributed by atoms with Crippen molar-refractivity contribution in [2.24, 2.45) is 0 Å². The highest BCUT2D eigenvalue weighted by Crippen LogP contribution is 2.03. The van der Waals surface area contributed by atoms with Crippen molar-refractivity contribution in [3.8, 4) is 0 Å². The van der Waals surface area contributed by atoms with Gasteiger partial charge in [-0.2, -0.15) is 0 Å². The summed E-state index contributed by atoms with van der Waals surface area (Å²) in [7, 11) is 1.61. The van der Waals surface area contributed by atoms with E-state index in [2.05, 4.69) is 6.92 Å². The summed E-state index contributed by atoms with van der Waals surface area (Å²) in [5.74, 6) is -0.368. The number of carbonyl (C=O) groups is 2. The molecule has 0 saturated heterocycles. The summed E-state index contributed by atoms with van der Waals surface area (Å²) in [4.78, 5) is 23.5. The summed E-state index contributed by atoms with van der Waals surface area (Å²) < 4.78 is 0. The molecule has 0 aromatic carbocycles. The number of aliphatic hydroxyl groups is 1. The fourth-order valence-corrected chi connectivity index (χ4v) is 1.30. The fourth-order valence-electron chi connectivity index (χ4n) is 1.30. The third-order valence-electron chi connectivity index (χ3n) is 2.20. The highest BCUT2D eigenvalue weighted by Gasteiger charge is 2.14. The molecule has 0 aromatic rings. The van der Waals surface area contributed by atoms with Crippen LogP contribution in [0.5, 0.6) is 0 Å². The average molecular weight is 215 g/mol. The van der Waals surface area contributed by atoms with Crippen LogP contribution in [0.4, 0.5) is 0 Å². The second-order valence-corrected chi connectivity index (χ2v) is 3.95. The number of ketones is 1. The first-order valence-electron chi connectivity index (χ1n) is 5.38. The molecular formula is C11H21NO3. The van der Waals surface area contributed by atoms with Gasteiger partial charge in [-0.15, -0.1) is 0 Å². The van der Waals surface area contributed by atoms with Crippen LogP contribution in [0.2, 0.25) is 0 Å². The monoisotopic (exact) mass is 215 g/mol. The maximum Gasteiger partial charge on any atom is 0.229 e. The van der Waals surface area contributed by atoms with Crippen LogP contribution in [0.15, 0.2) is 0 Å². The van der Waals surface area contributed by atoms with Gasteiger partial charge in [0, 0.05) is 13.6 Å². The fraction of sp³-hybridized carbons (Fsp3) is 0.818. The molecular weight excluding hydrogens is 194 g/mol. The van der Waals surface area contributed by atoms with Crippen molar-refractivity contribution in [3.05, 3.63) is 0 Å². The number of hydrogen-bond donors (Lipinski definition) is 1. The van der Waals surface area contributed by atoms with Gasteiger partial charge in [0.2, 0.25) is 5.91 Å². The van der Waals surface area contributed by atoms with E-state index in [0.29, 0.717) is 13.0 Å². The summed E-state index contributed by atoms with van der Waals surface area (Å²) in [5.41, 5.74) is 0. The zero-order chi connectivity index (χ0) is 11.8. The predicted octanol–water partition coefficient (Wildman–Crippen LogP) is 0.975. The number of carbonyl (C=O) groups excluding carboxylic acids is 2. The lowest BCUT2D eigenvalue weighted by molar-refractivity contribution is -0.134. The molecule has 1 atom stereocenters. The number of rotatable bonds is 7. The number of amides is 1. The lowest BCUT2D eigenvalue weighted by Gasteiger charge is -2.20. The van der Waals surface area contributed by atoms with E-state index in [0.717, 1.165) is 12.8 Å². The molecule has 0 radical (unpaired) electrons. The van der Waals surface area contributed by atoms with Crippen molar-refractivity contribution < 1.29 is 14.7 Å². The molecule has 4 nitrogen and oxygen atoms in total. The van der Waals surface area contributed by atoms with Gasteiger partial charge in [-0.05, 0) is 13.3 Å². The third-order valence-corrected chi connectivity index (χ3v) is 2.20. The quantitative estimate of drug-likeness (QED) is 0.644. The predicted molar refractivity (Wildman–Crippen MR) is 58.5 cm³/mol. The Labute approximate surface area is 91.3 Å². The van der Waals surface area contributed by atoms with E-state index in [-0.39, 0.29) is 18.1 Å². The molecule has 0 heterocycles. The highest BCUT2D eigenvalue weighted by atomic mass is 16.3. The molecule has 0 rings (SSSR count). The van der Waals surface area contributed by atoms with Crippen LogP contribution in [-0.2, 0) is 9.59 Å². The van der Waals surface area contributed by atoms with Gasteiger partial charge in [0.1, 0.15) is 5.78 Å². The molecule has 0 aliphatic carbocycles. The van der Waals surface area contributed by atoms with Crippen molar-refractivity contribution in [2.75, 3.05) is 13.6 Å². The Morgan fingerprint density at radius 2 is 2.00 bits per heavy atom. The van der Waals surface area contributed by atoms with Crippen molar-refractivity contribution in [3.63, 3.8) is 0 Å². The first kappa shape index (κ1) is 14.1. The topological polar surface area (TPSA) is 57.6 Å². The molecule has 0 aromatic heterocycles. The molecule has 0 spiro atoms. The van der Waals surface area contributed by atoms with Gasteiger partial charge < -0.3 is 10.0 Å².